The number of hydrogen-bond donors (Lipinski definition) is 1. The Morgan fingerprint density at radius 1 is 1.12 bits per heavy atom. The van der Waals surface area contributed by atoms with Gasteiger partial charge >= 0.3 is 0 Å². The summed E-state index contributed by atoms with van der Waals surface area (Å²) in [5.74, 6) is -0.330. The Kier molecular flexibility index (Phi) is 7.13. The lowest BCUT2D eigenvalue weighted by molar-refractivity contribution is -0.127. The number of anilines is 2. The van der Waals surface area contributed by atoms with Gasteiger partial charge in [0.1, 0.15) is 12.6 Å². The van der Waals surface area contributed by atoms with E-state index in [-0.39, 0.29) is 35.2 Å². The van der Waals surface area contributed by atoms with Gasteiger partial charge in [0.15, 0.2) is 0 Å². The number of nitrogens with one attached hydrogen (secondary N) is 1. The maximum atomic E-state index is 13.4. The molecule has 186 valence electrons. The Balaban J connectivity index is 1.51. The summed E-state index contributed by atoms with van der Waals surface area (Å²) in [6.07, 6.45) is 4.71. The standard InChI is InChI=1S/C23H33N5O5S/c1-25(2)34(32,33)17-9-10-18-20(15-17)28(23(31)19-7-3-4-14-27(18)19)16-21(29)24-11-6-13-26-12-5-8-22(26)30/h9-10,15,19H,3-8,11-14,16H2,1-2H3,(H,24,29). The maximum absolute atomic E-state index is 13.4. The van der Waals surface area contributed by atoms with Crippen molar-refractivity contribution in [1.29, 1.82) is 0 Å². The van der Waals surface area contributed by atoms with Crippen LogP contribution in [0.3, 0.4) is 0 Å². The van der Waals surface area contributed by atoms with Crippen molar-refractivity contribution in [3.63, 3.8) is 0 Å². The lowest BCUT2D eigenvalue weighted by Gasteiger charge is -2.45. The van der Waals surface area contributed by atoms with Crippen molar-refractivity contribution >= 4 is 39.1 Å². The molecule has 0 aliphatic carbocycles. The molecule has 0 radical (unpaired) electrons. The van der Waals surface area contributed by atoms with Gasteiger partial charge in [0, 0.05) is 46.7 Å². The number of carbonyl (C=O) groups is 3. The molecule has 3 heterocycles. The molecule has 3 amide bonds. The first-order valence-corrected chi connectivity index (χ1v) is 13.3. The Bertz CT molecular complexity index is 1070. The summed E-state index contributed by atoms with van der Waals surface area (Å²) in [5.41, 5.74) is 1.23. The minimum absolute atomic E-state index is 0.0835. The monoisotopic (exact) mass is 491 g/mol. The molecular formula is C23H33N5O5S. The van der Waals surface area contributed by atoms with Crippen molar-refractivity contribution in [2.24, 2.45) is 0 Å². The molecular weight excluding hydrogens is 458 g/mol. The summed E-state index contributed by atoms with van der Waals surface area (Å²) < 4.78 is 26.6. The third-order valence-corrected chi connectivity index (χ3v) is 8.59. The SMILES string of the molecule is CN(C)S(=O)(=O)c1ccc2c(c1)N(CC(=O)NCCCN1CCCC1=O)C(=O)C1CCCCN21. The molecule has 3 aliphatic rings. The second-order valence-electron chi connectivity index (χ2n) is 9.26. The lowest BCUT2D eigenvalue weighted by Crippen LogP contribution is -2.57. The van der Waals surface area contributed by atoms with Crippen molar-refractivity contribution in [1.82, 2.24) is 14.5 Å². The summed E-state index contributed by atoms with van der Waals surface area (Å²) >= 11 is 0. The van der Waals surface area contributed by atoms with Crippen LogP contribution in [-0.4, -0.2) is 88.2 Å². The van der Waals surface area contributed by atoms with E-state index in [9.17, 15) is 22.8 Å². The molecule has 3 aliphatic heterocycles. The van der Waals surface area contributed by atoms with Crippen LogP contribution in [-0.2, 0) is 24.4 Å². The maximum Gasteiger partial charge on any atom is 0.250 e. The van der Waals surface area contributed by atoms with Gasteiger partial charge in [-0.15, -0.1) is 0 Å². The minimum atomic E-state index is -3.70. The highest BCUT2D eigenvalue weighted by Crippen LogP contribution is 2.40. The van der Waals surface area contributed by atoms with Crippen LogP contribution in [0.25, 0.3) is 0 Å². The number of fused-ring (bicyclic) bond motifs is 3. The molecule has 2 fully saturated rings. The van der Waals surface area contributed by atoms with Crippen molar-refractivity contribution in [2.45, 2.75) is 49.5 Å². The first-order chi connectivity index (χ1) is 16.2. The van der Waals surface area contributed by atoms with E-state index in [4.69, 9.17) is 0 Å². The van der Waals surface area contributed by atoms with E-state index in [1.54, 1.807) is 17.0 Å². The van der Waals surface area contributed by atoms with Crippen LogP contribution in [0.15, 0.2) is 23.1 Å². The Labute approximate surface area is 200 Å². The van der Waals surface area contributed by atoms with Crippen LogP contribution < -0.4 is 15.1 Å². The first kappa shape index (κ1) is 24.5. The van der Waals surface area contributed by atoms with E-state index in [0.717, 1.165) is 42.3 Å². The average molecular weight is 492 g/mol. The fraction of sp³-hybridized carbons (Fsp3) is 0.609. The number of carbonyl (C=O) groups excluding carboxylic acids is 3. The van der Waals surface area contributed by atoms with E-state index in [0.29, 0.717) is 38.0 Å². The molecule has 0 aromatic heterocycles. The molecule has 1 aromatic carbocycles. The predicted octanol–water partition coefficient (Wildman–Crippen LogP) is 0.771. The molecule has 1 N–H and O–H groups in total. The fourth-order valence-corrected chi connectivity index (χ4v) is 5.83. The molecule has 2 saturated heterocycles. The van der Waals surface area contributed by atoms with Crippen LogP contribution in [0, 0.1) is 0 Å². The highest BCUT2D eigenvalue weighted by atomic mass is 32.2. The molecule has 34 heavy (non-hydrogen) atoms. The number of benzene rings is 1. The van der Waals surface area contributed by atoms with Gasteiger partial charge in [0.2, 0.25) is 27.7 Å². The van der Waals surface area contributed by atoms with E-state index in [1.165, 1.54) is 25.1 Å². The van der Waals surface area contributed by atoms with E-state index in [1.807, 2.05) is 4.90 Å². The average Bonchev–Trinajstić information content (AvgIpc) is 3.23. The second-order valence-corrected chi connectivity index (χ2v) is 11.4. The molecule has 11 heteroatoms. The smallest absolute Gasteiger partial charge is 0.250 e. The Hall–Kier alpha value is -2.66. The van der Waals surface area contributed by atoms with Gasteiger partial charge in [-0.25, -0.2) is 12.7 Å². The van der Waals surface area contributed by atoms with Crippen LogP contribution in [0.1, 0.15) is 38.5 Å². The number of piperidine rings is 1. The quantitative estimate of drug-likeness (QED) is 0.538. The van der Waals surface area contributed by atoms with Crippen molar-refractivity contribution < 1.29 is 22.8 Å². The van der Waals surface area contributed by atoms with E-state index in [2.05, 4.69) is 5.32 Å². The van der Waals surface area contributed by atoms with E-state index < -0.39 is 10.0 Å². The highest BCUT2D eigenvalue weighted by molar-refractivity contribution is 7.89. The molecule has 1 aromatic rings. The molecule has 0 spiro atoms. The van der Waals surface area contributed by atoms with Gasteiger partial charge in [-0.2, -0.15) is 0 Å². The number of hydrogen-bond acceptors (Lipinski definition) is 6. The van der Waals surface area contributed by atoms with Crippen molar-refractivity contribution in [2.75, 3.05) is 56.6 Å². The first-order valence-electron chi connectivity index (χ1n) is 11.9. The summed E-state index contributed by atoms with van der Waals surface area (Å²) in [4.78, 5) is 43.2. The summed E-state index contributed by atoms with van der Waals surface area (Å²) in [7, 11) is -0.776. The number of amides is 3. The van der Waals surface area contributed by atoms with Gasteiger partial charge in [-0.05, 0) is 50.3 Å². The van der Waals surface area contributed by atoms with Crippen molar-refractivity contribution in [3.8, 4) is 0 Å². The summed E-state index contributed by atoms with van der Waals surface area (Å²) in [5, 5.41) is 2.84. The Morgan fingerprint density at radius 2 is 1.91 bits per heavy atom. The molecule has 10 nitrogen and oxygen atoms in total. The van der Waals surface area contributed by atoms with Gasteiger partial charge in [-0.1, -0.05) is 0 Å². The van der Waals surface area contributed by atoms with E-state index >= 15 is 0 Å². The third kappa shape index (κ3) is 4.76. The summed E-state index contributed by atoms with van der Waals surface area (Å²) in [6, 6.07) is 4.47. The fourth-order valence-electron chi connectivity index (χ4n) is 4.91. The number of sulfonamides is 1. The zero-order valence-corrected chi connectivity index (χ0v) is 20.6. The Morgan fingerprint density at radius 3 is 2.62 bits per heavy atom. The number of nitrogens with zero attached hydrogens (tertiary/aromatic N) is 4. The van der Waals surface area contributed by atoms with Gasteiger partial charge < -0.3 is 15.1 Å². The van der Waals surface area contributed by atoms with Crippen molar-refractivity contribution in [3.05, 3.63) is 18.2 Å². The van der Waals surface area contributed by atoms with Crippen LogP contribution in [0.2, 0.25) is 0 Å². The molecule has 4 rings (SSSR count). The normalized spacial score (nSPS) is 20.6. The topological polar surface area (TPSA) is 110 Å². The minimum Gasteiger partial charge on any atom is -0.358 e. The molecule has 0 bridgehead atoms. The summed E-state index contributed by atoms with van der Waals surface area (Å²) in [6.45, 7) is 2.32. The molecule has 1 atom stereocenters. The van der Waals surface area contributed by atoms with Gasteiger partial charge in [-0.3, -0.25) is 19.3 Å². The van der Waals surface area contributed by atoms with Gasteiger partial charge in [0.25, 0.3) is 0 Å². The number of likely N-dealkylation sites (tertiary alicyclic amines) is 1. The zero-order chi connectivity index (χ0) is 24.5. The molecule has 0 saturated carbocycles. The third-order valence-electron chi connectivity index (χ3n) is 6.78. The second kappa shape index (κ2) is 9.91. The largest absolute Gasteiger partial charge is 0.358 e. The number of rotatable bonds is 8. The lowest BCUT2D eigenvalue weighted by atomic mass is 9.96. The predicted molar refractivity (Wildman–Crippen MR) is 128 cm³/mol. The van der Waals surface area contributed by atoms with Gasteiger partial charge in [0.05, 0.1) is 16.3 Å². The molecule has 1 unspecified atom stereocenters. The van der Waals surface area contributed by atoms with Crippen LogP contribution in [0.5, 0.6) is 0 Å². The zero-order valence-electron chi connectivity index (χ0n) is 19.8. The highest BCUT2D eigenvalue weighted by Gasteiger charge is 2.40. The van der Waals surface area contributed by atoms with Crippen LogP contribution in [0.4, 0.5) is 11.4 Å². The van der Waals surface area contributed by atoms with Crippen LogP contribution >= 0.6 is 0 Å².